The molecule has 2 aromatic heterocycles. The number of nitrogens with zero attached hydrogens (tertiary/aromatic N) is 3. The Morgan fingerprint density at radius 3 is 2.64 bits per heavy atom. The minimum absolute atomic E-state index is 0.289. The highest BCUT2D eigenvalue weighted by atomic mass is 32.1. The third-order valence-electron chi connectivity index (χ3n) is 5.22. The number of fused-ring (bicyclic) bond motifs is 1. The maximum absolute atomic E-state index is 13.1. The van der Waals surface area contributed by atoms with E-state index in [0.29, 0.717) is 24.5 Å². The van der Waals surface area contributed by atoms with Crippen LogP contribution in [0.2, 0.25) is 0 Å². The first-order chi connectivity index (χ1) is 13.5. The molecule has 0 spiro atoms. The zero-order valence-electron chi connectivity index (χ0n) is 16.1. The van der Waals surface area contributed by atoms with E-state index < -0.39 is 6.03 Å². The summed E-state index contributed by atoms with van der Waals surface area (Å²) < 4.78 is 8.40. The quantitative estimate of drug-likeness (QED) is 0.730. The molecule has 4 rings (SSSR count). The fourth-order valence-electron chi connectivity index (χ4n) is 3.74. The van der Waals surface area contributed by atoms with Gasteiger partial charge >= 0.3 is 11.7 Å². The Morgan fingerprint density at radius 2 is 1.96 bits per heavy atom. The van der Waals surface area contributed by atoms with Gasteiger partial charge in [0.05, 0.1) is 28.3 Å². The number of thiazole rings is 1. The summed E-state index contributed by atoms with van der Waals surface area (Å²) in [5.74, 6) is 0.386. The van der Waals surface area contributed by atoms with Crippen LogP contribution in [0.1, 0.15) is 28.4 Å². The van der Waals surface area contributed by atoms with E-state index in [9.17, 15) is 9.59 Å². The van der Waals surface area contributed by atoms with E-state index in [1.54, 1.807) is 15.9 Å². The molecule has 0 atom stereocenters. The molecule has 0 radical (unpaired) electrons. The van der Waals surface area contributed by atoms with Crippen LogP contribution in [0.25, 0.3) is 11.0 Å². The van der Waals surface area contributed by atoms with Gasteiger partial charge in [-0.3, -0.25) is 4.57 Å². The maximum Gasteiger partial charge on any atom is 0.337 e. The van der Waals surface area contributed by atoms with Crippen molar-refractivity contribution < 1.29 is 9.53 Å². The van der Waals surface area contributed by atoms with E-state index >= 15 is 0 Å². The summed E-state index contributed by atoms with van der Waals surface area (Å²) in [6, 6.07) is 7.06. The number of ether oxygens (including phenoxy) is 1. The smallest absolute Gasteiger partial charge is 0.337 e. The van der Waals surface area contributed by atoms with Crippen LogP contribution in [0.4, 0.5) is 4.79 Å². The summed E-state index contributed by atoms with van der Waals surface area (Å²) >= 11 is 1.56. The number of aromatic nitrogens is 3. The predicted molar refractivity (Wildman–Crippen MR) is 109 cm³/mol. The normalized spacial score (nSPS) is 15.2. The van der Waals surface area contributed by atoms with Crippen LogP contribution in [0.3, 0.4) is 0 Å². The number of nitrogens with one attached hydrogen (secondary N) is 1. The van der Waals surface area contributed by atoms with Gasteiger partial charge in [-0.2, -0.15) is 0 Å². The maximum atomic E-state index is 13.1. The van der Waals surface area contributed by atoms with E-state index in [-0.39, 0.29) is 5.69 Å². The standard InChI is InChI=1S/C20H24N4O3S/c1-13-18(28-14(2)22-13)11-21-19(25)24-17-6-4-3-5-16(17)23(20(24)26)12-15-7-9-27-10-8-15/h3-6,15H,7-12H2,1-2H3,(H,21,25). The molecule has 0 aliphatic carbocycles. The van der Waals surface area contributed by atoms with Crippen molar-refractivity contribution >= 4 is 28.4 Å². The fourth-order valence-corrected chi connectivity index (χ4v) is 4.62. The first kappa shape index (κ1) is 18.9. The topological polar surface area (TPSA) is 78.2 Å². The number of rotatable bonds is 4. The van der Waals surface area contributed by atoms with E-state index in [1.165, 1.54) is 4.57 Å². The van der Waals surface area contributed by atoms with Crippen molar-refractivity contribution in [3.63, 3.8) is 0 Å². The molecule has 0 bridgehead atoms. The number of carbonyl (C=O) groups excluding carboxylic acids is 1. The average Bonchev–Trinajstić information content (AvgIpc) is 3.16. The molecule has 3 aromatic rings. The Labute approximate surface area is 167 Å². The van der Waals surface area contributed by atoms with Crippen molar-refractivity contribution in [3.05, 3.63) is 50.3 Å². The molecule has 1 saturated heterocycles. The van der Waals surface area contributed by atoms with E-state index in [2.05, 4.69) is 10.3 Å². The Bertz CT molecular complexity index is 1060. The highest BCUT2D eigenvalue weighted by Crippen LogP contribution is 2.20. The van der Waals surface area contributed by atoms with Crippen molar-refractivity contribution in [3.8, 4) is 0 Å². The van der Waals surface area contributed by atoms with Gasteiger partial charge in [0.1, 0.15) is 0 Å². The molecular weight excluding hydrogens is 376 g/mol. The van der Waals surface area contributed by atoms with Gasteiger partial charge in [-0.1, -0.05) is 12.1 Å². The number of benzene rings is 1. The Morgan fingerprint density at radius 1 is 1.25 bits per heavy atom. The minimum Gasteiger partial charge on any atom is -0.381 e. The van der Waals surface area contributed by atoms with Crippen LogP contribution in [0.5, 0.6) is 0 Å². The Balaban J connectivity index is 1.62. The van der Waals surface area contributed by atoms with E-state index in [0.717, 1.165) is 47.2 Å². The van der Waals surface area contributed by atoms with Gasteiger partial charge in [0, 0.05) is 24.6 Å². The van der Waals surface area contributed by atoms with Gasteiger partial charge in [0.2, 0.25) is 0 Å². The van der Waals surface area contributed by atoms with Gasteiger partial charge in [0.25, 0.3) is 0 Å². The minimum atomic E-state index is -0.405. The fraction of sp³-hybridized carbons (Fsp3) is 0.450. The summed E-state index contributed by atoms with van der Waals surface area (Å²) in [6.45, 7) is 6.30. The van der Waals surface area contributed by atoms with Crippen molar-refractivity contribution in [2.24, 2.45) is 5.92 Å². The first-order valence-electron chi connectivity index (χ1n) is 9.53. The molecule has 1 aromatic carbocycles. The van der Waals surface area contributed by atoms with Crippen LogP contribution in [0.15, 0.2) is 29.1 Å². The molecule has 0 unspecified atom stereocenters. The van der Waals surface area contributed by atoms with E-state index in [1.807, 2.05) is 38.1 Å². The molecule has 0 saturated carbocycles. The van der Waals surface area contributed by atoms with Crippen LogP contribution < -0.4 is 11.0 Å². The zero-order chi connectivity index (χ0) is 19.7. The Hall–Kier alpha value is -2.45. The highest BCUT2D eigenvalue weighted by Gasteiger charge is 2.22. The van der Waals surface area contributed by atoms with Crippen LogP contribution in [0, 0.1) is 19.8 Å². The van der Waals surface area contributed by atoms with Crippen molar-refractivity contribution in [2.75, 3.05) is 13.2 Å². The van der Waals surface area contributed by atoms with E-state index in [4.69, 9.17) is 4.74 Å². The second kappa shape index (κ2) is 7.89. The molecule has 148 valence electrons. The largest absolute Gasteiger partial charge is 0.381 e. The predicted octanol–water partition coefficient (Wildman–Crippen LogP) is 3.06. The average molecular weight is 401 g/mol. The third kappa shape index (κ3) is 3.62. The van der Waals surface area contributed by atoms with Crippen molar-refractivity contribution in [1.82, 2.24) is 19.4 Å². The third-order valence-corrected chi connectivity index (χ3v) is 6.29. The number of amides is 1. The number of carbonyl (C=O) groups is 1. The first-order valence-corrected chi connectivity index (χ1v) is 10.4. The van der Waals surface area contributed by atoms with Gasteiger partial charge in [-0.05, 0) is 44.7 Å². The van der Waals surface area contributed by atoms with Crippen molar-refractivity contribution in [1.29, 1.82) is 0 Å². The summed E-state index contributed by atoms with van der Waals surface area (Å²) in [7, 11) is 0. The second-order valence-electron chi connectivity index (χ2n) is 7.17. The molecule has 1 aliphatic heterocycles. The lowest BCUT2D eigenvalue weighted by Gasteiger charge is -2.22. The molecule has 1 amide bonds. The SMILES string of the molecule is Cc1nc(C)c(CNC(=O)n2c(=O)n(CC3CCOCC3)c3ccccc32)s1. The molecule has 8 heteroatoms. The summed E-state index contributed by atoms with van der Waals surface area (Å²) in [5.41, 5.74) is 2.05. The van der Waals surface area contributed by atoms with Crippen LogP contribution >= 0.6 is 11.3 Å². The monoisotopic (exact) mass is 400 g/mol. The highest BCUT2D eigenvalue weighted by molar-refractivity contribution is 7.11. The summed E-state index contributed by atoms with van der Waals surface area (Å²) in [6.07, 6.45) is 1.87. The molecule has 28 heavy (non-hydrogen) atoms. The van der Waals surface area contributed by atoms with Gasteiger partial charge in [-0.25, -0.2) is 19.1 Å². The van der Waals surface area contributed by atoms with Crippen LogP contribution in [-0.2, 0) is 17.8 Å². The number of hydrogen-bond donors (Lipinski definition) is 1. The van der Waals surface area contributed by atoms with Gasteiger partial charge in [0.15, 0.2) is 0 Å². The van der Waals surface area contributed by atoms with Crippen molar-refractivity contribution in [2.45, 2.75) is 39.8 Å². The molecule has 1 aliphatic rings. The van der Waals surface area contributed by atoms with Gasteiger partial charge in [-0.15, -0.1) is 11.3 Å². The molecular formula is C20H24N4O3S. The molecule has 1 fully saturated rings. The lowest BCUT2D eigenvalue weighted by molar-refractivity contribution is 0.0613. The second-order valence-corrected chi connectivity index (χ2v) is 8.46. The number of imidazole rings is 1. The molecule has 1 N–H and O–H groups in total. The number of aryl methyl sites for hydroxylation is 2. The zero-order valence-corrected chi connectivity index (χ0v) is 16.9. The lowest BCUT2D eigenvalue weighted by atomic mass is 10.0. The number of hydrogen-bond acceptors (Lipinski definition) is 5. The van der Waals surface area contributed by atoms with Gasteiger partial charge < -0.3 is 10.1 Å². The summed E-state index contributed by atoms with van der Waals surface area (Å²) in [5, 5.41) is 3.85. The lowest BCUT2D eigenvalue weighted by Crippen LogP contribution is -2.37. The molecule has 3 heterocycles. The summed E-state index contributed by atoms with van der Waals surface area (Å²) in [4.78, 5) is 31.4. The molecule has 7 nitrogen and oxygen atoms in total. The number of para-hydroxylation sites is 2. The Kier molecular flexibility index (Phi) is 5.32. The van der Waals surface area contributed by atoms with Crippen LogP contribution in [-0.4, -0.2) is 33.4 Å².